The number of methoxy groups -OCH3 is 1. The van der Waals surface area contributed by atoms with E-state index in [1.807, 2.05) is 24.3 Å². The first-order valence-electron chi connectivity index (χ1n) is 5.68. The van der Waals surface area contributed by atoms with Crippen LogP contribution in [0.25, 0.3) is 0 Å². The van der Waals surface area contributed by atoms with Gasteiger partial charge in [0, 0.05) is 6.42 Å². The van der Waals surface area contributed by atoms with Gasteiger partial charge in [0.05, 0.1) is 13.7 Å². The first-order chi connectivity index (χ1) is 9.08. The third-order valence-electron chi connectivity index (χ3n) is 2.46. The molecule has 0 heterocycles. The largest absolute Gasteiger partial charge is 0.511 e. The molecule has 0 saturated heterocycles. The number of aliphatic hydroxyl groups excluding tert-OH is 1. The Balaban J connectivity index is 2.48. The number of esters is 1. The summed E-state index contributed by atoms with van der Waals surface area (Å²) in [5.41, 5.74) is 0.617. The van der Waals surface area contributed by atoms with Gasteiger partial charge >= 0.3 is 5.97 Å². The van der Waals surface area contributed by atoms with Crippen molar-refractivity contribution in [3.8, 4) is 11.8 Å². The molecule has 5 heteroatoms. The van der Waals surface area contributed by atoms with E-state index < -0.39 is 5.97 Å². The van der Waals surface area contributed by atoms with Crippen molar-refractivity contribution in [2.45, 2.75) is 13.3 Å². The molecule has 0 aliphatic rings. The fourth-order valence-electron chi connectivity index (χ4n) is 1.40. The summed E-state index contributed by atoms with van der Waals surface area (Å²) in [6.45, 7) is 1.41. The lowest BCUT2D eigenvalue weighted by Crippen LogP contribution is -2.11. The second kappa shape index (κ2) is 7.07. The van der Waals surface area contributed by atoms with E-state index in [1.54, 1.807) is 13.2 Å². The van der Waals surface area contributed by atoms with E-state index in [0.717, 1.165) is 11.3 Å². The Labute approximate surface area is 111 Å². The van der Waals surface area contributed by atoms with Gasteiger partial charge in [-0.25, -0.2) is 4.79 Å². The molecule has 19 heavy (non-hydrogen) atoms. The van der Waals surface area contributed by atoms with Gasteiger partial charge in [-0.2, -0.15) is 5.26 Å². The number of nitriles is 1. The van der Waals surface area contributed by atoms with Gasteiger partial charge < -0.3 is 14.6 Å². The van der Waals surface area contributed by atoms with E-state index in [0.29, 0.717) is 6.42 Å². The first kappa shape index (κ1) is 14.6. The molecule has 0 aliphatic heterocycles. The highest BCUT2D eigenvalue weighted by Crippen LogP contribution is 2.12. The molecule has 0 bridgehead atoms. The van der Waals surface area contributed by atoms with Crippen LogP contribution < -0.4 is 4.74 Å². The summed E-state index contributed by atoms with van der Waals surface area (Å²) in [6, 6.07) is 8.97. The van der Waals surface area contributed by atoms with Gasteiger partial charge in [-0.05, 0) is 24.6 Å². The summed E-state index contributed by atoms with van der Waals surface area (Å²) in [6.07, 6.45) is 0.527. The minimum atomic E-state index is -0.809. The molecule has 1 aromatic carbocycles. The zero-order chi connectivity index (χ0) is 14.3. The van der Waals surface area contributed by atoms with E-state index in [1.165, 1.54) is 6.92 Å². The predicted octanol–water partition coefficient (Wildman–Crippen LogP) is 2.14. The number of nitrogens with zero attached hydrogens (tertiary/aromatic N) is 1. The molecule has 0 spiro atoms. The topological polar surface area (TPSA) is 79.5 Å². The van der Waals surface area contributed by atoms with Crippen LogP contribution in [0.15, 0.2) is 35.6 Å². The van der Waals surface area contributed by atoms with E-state index in [9.17, 15) is 4.79 Å². The maximum Gasteiger partial charge on any atom is 0.352 e. The number of hydrogen-bond acceptors (Lipinski definition) is 5. The molecular weight excluding hydrogens is 246 g/mol. The lowest BCUT2D eigenvalue weighted by Gasteiger charge is -2.05. The standard InChI is InChI=1S/C14H15NO4/c1-10(16)13(9-15)14(17)19-8-7-11-3-5-12(18-2)6-4-11/h3-6,16H,7-8H2,1-2H3/b13-10-. The molecule has 0 aliphatic carbocycles. The average Bonchev–Trinajstić information content (AvgIpc) is 2.40. The SMILES string of the molecule is COc1ccc(CCOC(=O)/C(C#N)=C(/C)O)cc1. The molecule has 1 aromatic rings. The smallest absolute Gasteiger partial charge is 0.352 e. The maximum atomic E-state index is 11.4. The molecule has 100 valence electrons. The van der Waals surface area contributed by atoms with Crippen LogP contribution in [0, 0.1) is 11.3 Å². The Bertz CT molecular complexity index is 507. The van der Waals surface area contributed by atoms with Crippen molar-refractivity contribution in [1.82, 2.24) is 0 Å². The molecule has 0 amide bonds. The zero-order valence-corrected chi connectivity index (χ0v) is 10.8. The Hall–Kier alpha value is -2.48. The van der Waals surface area contributed by atoms with Gasteiger partial charge in [0.25, 0.3) is 0 Å². The third-order valence-corrected chi connectivity index (χ3v) is 2.46. The minimum absolute atomic E-state index is 0.142. The summed E-state index contributed by atoms with van der Waals surface area (Å²) in [5, 5.41) is 17.8. The van der Waals surface area contributed by atoms with E-state index in [-0.39, 0.29) is 17.9 Å². The first-order valence-corrected chi connectivity index (χ1v) is 5.68. The normalized spacial score (nSPS) is 11.2. The van der Waals surface area contributed by atoms with Gasteiger partial charge in [-0.3, -0.25) is 0 Å². The maximum absolute atomic E-state index is 11.4. The second-order valence-corrected chi connectivity index (χ2v) is 3.81. The van der Waals surface area contributed by atoms with Crippen LogP contribution in [-0.2, 0) is 16.0 Å². The van der Waals surface area contributed by atoms with Crippen molar-refractivity contribution in [2.24, 2.45) is 0 Å². The van der Waals surface area contributed by atoms with Crippen molar-refractivity contribution in [3.63, 3.8) is 0 Å². The van der Waals surface area contributed by atoms with Crippen LogP contribution in [0.5, 0.6) is 5.75 Å². The van der Waals surface area contributed by atoms with Crippen LogP contribution in [0.3, 0.4) is 0 Å². The zero-order valence-electron chi connectivity index (χ0n) is 10.8. The monoisotopic (exact) mass is 261 g/mol. The number of benzene rings is 1. The fourth-order valence-corrected chi connectivity index (χ4v) is 1.40. The van der Waals surface area contributed by atoms with Crippen molar-refractivity contribution < 1.29 is 19.4 Å². The van der Waals surface area contributed by atoms with Crippen molar-refractivity contribution in [1.29, 1.82) is 5.26 Å². The molecule has 5 nitrogen and oxygen atoms in total. The van der Waals surface area contributed by atoms with Crippen LogP contribution in [0.2, 0.25) is 0 Å². The number of carbonyl (C=O) groups is 1. The molecule has 0 atom stereocenters. The molecule has 0 aromatic heterocycles. The lowest BCUT2D eigenvalue weighted by molar-refractivity contribution is -0.138. The molecule has 0 saturated carbocycles. The van der Waals surface area contributed by atoms with Gasteiger partial charge in [0.2, 0.25) is 0 Å². The summed E-state index contributed by atoms with van der Waals surface area (Å²) in [4.78, 5) is 11.4. The van der Waals surface area contributed by atoms with E-state index >= 15 is 0 Å². The quantitative estimate of drug-likeness (QED) is 0.380. The summed E-state index contributed by atoms with van der Waals surface area (Å²) < 4.78 is 9.94. The van der Waals surface area contributed by atoms with Crippen LogP contribution >= 0.6 is 0 Å². The number of hydrogen-bond donors (Lipinski definition) is 1. The van der Waals surface area contributed by atoms with E-state index in [4.69, 9.17) is 19.8 Å². The highest BCUT2D eigenvalue weighted by Gasteiger charge is 2.13. The lowest BCUT2D eigenvalue weighted by atomic mass is 10.1. The highest BCUT2D eigenvalue weighted by atomic mass is 16.5. The molecule has 0 radical (unpaired) electrons. The summed E-state index contributed by atoms with van der Waals surface area (Å²) in [5.74, 6) is -0.390. The molecule has 1 N–H and O–H groups in total. The average molecular weight is 261 g/mol. The third kappa shape index (κ3) is 4.36. The number of carbonyl (C=O) groups excluding carboxylic acids is 1. The summed E-state index contributed by atoms with van der Waals surface area (Å²) >= 11 is 0. The molecular formula is C14H15NO4. The van der Waals surface area contributed by atoms with Crippen molar-refractivity contribution in [3.05, 3.63) is 41.2 Å². The molecule has 1 rings (SSSR count). The van der Waals surface area contributed by atoms with E-state index in [2.05, 4.69) is 0 Å². The highest BCUT2D eigenvalue weighted by molar-refractivity contribution is 5.93. The second-order valence-electron chi connectivity index (χ2n) is 3.81. The van der Waals surface area contributed by atoms with Gasteiger partial charge in [-0.1, -0.05) is 12.1 Å². The van der Waals surface area contributed by atoms with Crippen molar-refractivity contribution in [2.75, 3.05) is 13.7 Å². The minimum Gasteiger partial charge on any atom is -0.511 e. The number of rotatable bonds is 5. The Morgan fingerprint density at radius 2 is 2.00 bits per heavy atom. The van der Waals surface area contributed by atoms with Crippen LogP contribution in [0.1, 0.15) is 12.5 Å². The fraction of sp³-hybridized carbons (Fsp3) is 0.286. The van der Waals surface area contributed by atoms with Crippen molar-refractivity contribution >= 4 is 5.97 Å². The number of allylic oxidation sites excluding steroid dienone is 1. The Morgan fingerprint density at radius 3 is 2.47 bits per heavy atom. The van der Waals surface area contributed by atoms with Gasteiger partial charge in [-0.15, -0.1) is 0 Å². The number of aliphatic hydroxyl groups is 1. The molecule has 0 fully saturated rings. The van der Waals surface area contributed by atoms with Gasteiger partial charge in [0.15, 0.2) is 5.57 Å². The number of ether oxygens (including phenoxy) is 2. The van der Waals surface area contributed by atoms with Crippen LogP contribution in [-0.4, -0.2) is 24.8 Å². The van der Waals surface area contributed by atoms with Gasteiger partial charge in [0.1, 0.15) is 17.6 Å². The summed E-state index contributed by atoms with van der Waals surface area (Å²) in [7, 11) is 1.59. The predicted molar refractivity (Wildman–Crippen MR) is 68.6 cm³/mol. The Kier molecular flexibility index (Phi) is 5.42. The molecule has 0 unspecified atom stereocenters. The Morgan fingerprint density at radius 1 is 1.37 bits per heavy atom. The van der Waals surface area contributed by atoms with Crippen LogP contribution in [0.4, 0.5) is 0 Å².